The molecule has 1 heterocycles. The Morgan fingerprint density at radius 2 is 1.70 bits per heavy atom. The lowest BCUT2D eigenvalue weighted by atomic mass is 10.2. The van der Waals surface area contributed by atoms with Crippen molar-refractivity contribution in [1.29, 1.82) is 0 Å². The van der Waals surface area contributed by atoms with E-state index in [2.05, 4.69) is 5.32 Å². The summed E-state index contributed by atoms with van der Waals surface area (Å²) in [6.45, 7) is 3.86. The molecule has 1 aromatic heterocycles. The Bertz CT molecular complexity index is 1610. The third-order valence-electron chi connectivity index (χ3n) is 5.82. The van der Waals surface area contributed by atoms with Crippen LogP contribution in [0.4, 0.5) is 11.4 Å². The number of anilines is 2. The molecule has 0 aliphatic carbocycles. The van der Waals surface area contributed by atoms with Gasteiger partial charge in [-0.2, -0.15) is 0 Å². The smallest absolute Gasteiger partial charge is 0.308 e. The molecular formula is C26H27N3O6S2. The van der Waals surface area contributed by atoms with Gasteiger partial charge in [-0.3, -0.25) is 18.5 Å². The lowest BCUT2D eigenvalue weighted by molar-refractivity contribution is -0.114. The first kappa shape index (κ1) is 26.2. The molecule has 37 heavy (non-hydrogen) atoms. The minimum Gasteiger partial charge on any atom is -0.493 e. The van der Waals surface area contributed by atoms with Crippen LogP contribution in [0.2, 0.25) is 0 Å². The van der Waals surface area contributed by atoms with E-state index in [9.17, 15) is 18.0 Å². The number of ether oxygens (including phenoxy) is 2. The van der Waals surface area contributed by atoms with Gasteiger partial charge in [-0.05, 0) is 56.3 Å². The van der Waals surface area contributed by atoms with Crippen LogP contribution in [0.5, 0.6) is 11.5 Å². The number of amides is 1. The van der Waals surface area contributed by atoms with E-state index in [1.807, 2.05) is 13.8 Å². The molecule has 0 saturated carbocycles. The number of rotatable bonds is 9. The van der Waals surface area contributed by atoms with Gasteiger partial charge in [-0.25, -0.2) is 8.42 Å². The van der Waals surface area contributed by atoms with Gasteiger partial charge in [0.2, 0.25) is 5.91 Å². The van der Waals surface area contributed by atoms with Gasteiger partial charge in [0.15, 0.2) is 11.5 Å². The fourth-order valence-electron chi connectivity index (χ4n) is 3.90. The van der Waals surface area contributed by atoms with Gasteiger partial charge in [0.25, 0.3) is 10.0 Å². The summed E-state index contributed by atoms with van der Waals surface area (Å²) >= 11 is 1.09. The Kier molecular flexibility index (Phi) is 7.55. The van der Waals surface area contributed by atoms with Crippen LogP contribution in [0.25, 0.3) is 10.2 Å². The largest absolute Gasteiger partial charge is 0.493 e. The average molecular weight is 542 g/mol. The van der Waals surface area contributed by atoms with E-state index < -0.39 is 22.5 Å². The van der Waals surface area contributed by atoms with Gasteiger partial charge >= 0.3 is 4.87 Å². The van der Waals surface area contributed by atoms with Crippen LogP contribution in [0.15, 0.2) is 70.4 Å². The third kappa shape index (κ3) is 5.32. The zero-order valence-electron chi connectivity index (χ0n) is 20.8. The number of carbonyl (C=O) groups is 1. The van der Waals surface area contributed by atoms with Crippen molar-refractivity contribution in [3.05, 3.63) is 75.9 Å². The molecule has 0 aliphatic rings. The summed E-state index contributed by atoms with van der Waals surface area (Å²) in [4.78, 5) is 25.1. The highest BCUT2D eigenvalue weighted by atomic mass is 32.2. The van der Waals surface area contributed by atoms with Crippen LogP contribution in [-0.4, -0.2) is 39.7 Å². The summed E-state index contributed by atoms with van der Waals surface area (Å²) in [5.41, 5.74) is 2.54. The van der Waals surface area contributed by atoms with Crippen molar-refractivity contribution >= 4 is 48.9 Å². The minimum absolute atomic E-state index is 0.0503. The Hall–Kier alpha value is -3.83. The molecule has 0 spiro atoms. The summed E-state index contributed by atoms with van der Waals surface area (Å²) in [7, 11) is -1.28. The number of nitrogens with one attached hydrogen (secondary N) is 1. The lowest BCUT2D eigenvalue weighted by Crippen LogP contribution is -2.38. The minimum atomic E-state index is -4.16. The molecule has 194 valence electrons. The predicted molar refractivity (Wildman–Crippen MR) is 146 cm³/mol. The van der Waals surface area contributed by atoms with Crippen molar-refractivity contribution < 1.29 is 22.7 Å². The van der Waals surface area contributed by atoms with E-state index in [-0.39, 0.29) is 15.5 Å². The van der Waals surface area contributed by atoms with Gasteiger partial charge in [0, 0.05) is 18.3 Å². The number of thiazole rings is 1. The normalized spacial score (nSPS) is 11.4. The highest BCUT2D eigenvalue weighted by Crippen LogP contribution is 2.32. The highest BCUT2D eigenvalue weighted by Gasteiger charge is 2.28. The Labute approximate surface area is 218 Å². The lowest BCUT2D eigenvalue weighted by Gasteiger charge is -2.24. The first-order valence-corrected chi connectivity index (χ1v) is 13.7. The molecule has 11 heteroatoms. The molecule has 0 unspecified atom stereocenters. The molecule has 4 rings (SSSR count). The van der Waals surface area contributed by atoms with Crippen LogP contribution in [0.1, 0.15) is 12.5 Å². The van der Waals surface area contributed by atoms with Crippen molar-refractivity contribution in [2.45, 2.75) is 25.3 Å². The number of benzene rings is 3. The first-order chi connectivity index (χ1) is 17.7. The standard InChI is InChI=1S/C26H27N3O6S2/c1-5-28-21-12-8-18(14-24(21)36-26(28)31)27-25(30)16-29(19-9-6-17(2)7-10-19)37(32,33)20-11-13-22(34-3)23(15-20)35-4/h6-15H,5,16H2,1-4H3,(H,27,30). The molecule has 0 fully saturated rings. The number of fused-ring (bicyclic) bond motifs is 1. The highest BCUT2D eigenvalue weighted by molar-refractivity contribution is 7.92. The van der Waals surface area contributed by atoms with Gasteiger partial charge in [0.1, 0.15) is 6.54 Å². The number of carbonyl (C=O) groups excluding carboxylic acids is 1. The number of sulfonamides is 1. The molecule has 4 aromatic rings. The SMILES string of the molecule is CCn1c(=O)sc2cc(NC(=O)CN(c3ccc(C)cc3)S(=O)(=O)c3ccc(OC)c(OC)c3)ccc21. The summed E-state index contributed by atoms with van der Waals surface area (Å²) in [6.07, 6.45) is 0. The molecule has 0 saturated heterocycles. The fraction of sp³-hybridized carbons (Fsp3) is 0.231. The summed E-state index contributed by atoms with van der Waals surface area (Å²) in [5, 5.41) is 2.76. The van der Waals surface area contributed by atoms with Gasteiger partial charge < -0.3 is 14.8 Å². The van der Waals surface area contributed by atoms with E-state index in [4.69, 9.17) is 9.47 Å². The molecule has 1 amide bonds. The van der Waals surface area contributed by atoms with Crippen molar-refractivity contribution in [1.82, 2.24) is 4.57 Å². The molecule has 0 atom stereocenters. The number of aryl methyl sites for hydroxylation is 2. The molecule has 9 nitrogen and oxygen atoms in total. The van der Waals surface area contributed by atoms with Crippen LogP contribution >= 0.6 is 11.3 Å². The maximum absolute atomic E-state index is 13.7. The van der Waals surface area contributed by atoms with Crippen LogP contribution in [-0.2, 0) is 21.4 Å². The van der Waals surface area contributed by atoms with Gasteiger partial charge in [-0.1, -0.05) is 29.0 Å². The Morgan fingerprint density at radius 1 is 1.00 bits per heavy atom. The topological polar surface area (TPSA) is 107 Å². The molecule has 0 radical (unpaired) electrons. The fourth-order valence-corrected chi connectivity index (χ4v) is 6.34. The first-order valence-electron chi connectivity index (χ1n) is 11.4. The van der Waals surface area contributed by atoms with Gasteiger partial charge in [0.05, 0.1) is 35.0 Å². The maximum Gasteiger partial charge on any atom is 0.308 e. The Balaban J connectivity index is 1.67. The summed E-state index contributed by atoms with van der Waals surface area (Å²) in [6, 6.07) is 16.3. The zero-order chi connectivity index (χ0) is 26.7. The monoisotopic (exact) mass is 541 g/mol. The predicted octanol–water partition coefficient (Wildman–Crippen LogP) is 4.24. The van der Waals surface area contributed by atoms with E-state index in [0.717, 1.165) is 31.4 Å². The molecule has 1 N–H and O–H groups in total. The van der Waals surface area contributed by atoms with Crippen molar-refractivity contribution in [2.24, 2.45) is 0 Å². The van der Waals surface area contributed by atoms with Crippen LogP contribution in [0.3, 0.4) is 0 Å². The molecule has 3 aromatic carbocycles. The van der Waals surface area contributed by atoms with Crippen LogP contribution in [0, 0.1) is 6.92 Å². The number of hydrogen-bond donors (Lipinski definition) is 1. The quantitative estimate of drug-likeness (QED) is 0.340. The van der Waals surface area contributed by atoms with Crippen molar-refractivity contribution in [3.63, 3.8) is 0 Å². The average Bonchev–Trinajstić information content (AvgIpc) is 3.21. The molecule has 0 aliphatic heterocycles. The third-order valence-corrected chi connectivity index (χ3v) is 8.53. The second-order valence-electron chi connectivity index (χ2n) is 8.21. The van der Waals surface area contributed by atoms with Crippen LogP contribution < -0.4 is 24.0 Å². The van der Waals surface area contributed by atoms with E-state index in [1.165, 1.54) is 32.4 Å². The zero-order valence-corrected chi connectivity index (χ0v) is 22.5. The number of nitrogens with zero attached hydrogens (tertiary/aromatic N) is 2. The Morgan fingerprint density at radius 3 is 2.35 bits per heavy atom. The number of hydrogen-bond acceptors (Lipinski definition) is 7. The number of methoxy groups -OCH3 is 2. The maximum atomic E-state index is 13.7. The number of aromatic nitrogens is 1. The molecule has 0 bridgehead atoms. The van der Waals surface area contributed by atoms with E-state index in [0.29, 0.717) is 23.7 Å². The van der Waals surface area contributed by atoms with Crippen molar-refractivity contribution in [3.8, 4) is 11.5 Å². The second kappa shape index (κ2) is 10.7. The van der Waals surface area contributed by atoms with Crippen molar-refractivity contribution in [2.75, 3.05) is 30.4 Å². The summed E-state index contributed by atoms with van der Waals surface area (Å²) < 4.78 is 41.4. The molecular weight excluding hydrogens is 514 g/mol. The van der Waals surface area contributed by atoms with Gasteiger partial charge in [-0.15, -0.1) is 0 Å². The second-order valence-corrected chi connectivity index (χ2v) is 11.1. The van der Waals surface area contributed by atoms with E-state index in [1.54, 1.807) is 47.0 Å². The summed E-state index contributed by atoms with van der Waals surface area (Å²) in [5.74, 6) is 0.102. The van der Waals surface area contributed by atoms with E-state index >= 15 is 0 Å².